The fourth-order valence-corrected chi connectivity index (χ4v) is 1.38. The van der Waals surface area contributed by atoms with E-state index in [0.29, 0.717) is 0 Å². The van der Waals surface area contributed by atoms with Crippen molar-refractivity contribution in [2.75, 3.05) is 0 Å². The highest BCUT2D eigenvalue weighted by molar-refractivity contribution is 5.94. The van der Waals surface area contributed by atoms with Gasteiger partial charge in [-0.3, -0.25) is 4.79 Å². The predicted octanol–water partition coefficient (Wildman–Crippen LogP) is 4.08. The average molecular weight is 240 g/mol. The third-order valence-corrected chi connectivity index (χ3v) is 2.50. The molecule has 0 aromatic heterocycles. The maximum atomic E-state index is 11.5. The van der Waals surface area contributed by atoms with Gasteiger partial charge in [0.1, 0.15) is 0 Å². The molecular weight excluding hydrogens is 220 g/mol. The third-order valence-electron chi connectivity index (χ3n) is 2.50. The lowest BCUT2D eigenvalue weighted by Gasteiger charge is -1.98. The highest BCUT2D eigenvalue weighted by Crippen LogP contribution is 2.07. The molecule has 0 heterocycles. The summed E-state index contributed by atoms with van der Waals surface area (Å²) in [6.45, 7) is 5.92. The summed E-state index contributed by atoms with van der Waals surface area (Å²) in [5, 5.41) is 0. The van der Waals surface area contributed by atoms with Crippen LogP contribution in [0.4, 0.5) is 0 Å². The molecule has 1 aromatic rings. The van der Waals surface area contributed by atoms with Crippen molar-refractivity contribution in [3.05, 3.63) is 41.5 Å². The number of allylic oxidation sites excluding steroid dienone is 1. The first-order valence-corrected chi connectivity index (χ1v) is 6.44. The van der Waals surface area contributed by atoms with Crippen LogP contribution in [0.3, 0.4) is 0 Å². The minimum atomic E-state index is 0.0498. The molecule has 0 aliphatic rings. The van der Waals surface area contributed by atoms with Crippen molar-refractivity contribution in [3.8, 4) is 11.8 Å². The topological polar surface area (TPSA) is 17.1 Å². The summed E-state index contributed by atoms with van der Waals surface area (Å²) in [6, 6.07) is 7.95. The van der Waals surface area contributed by atoms with Gasteiger partial charge in [0, 0.05) is 17.9 Å². The molecule has 0 atom stereocenters. The van der Waals surface area contributed by atoms with E-state index in [1.807, 2.05) is 44.2 Å². The number of carbonyl (C=O) groups is 1. The molecule has 0 unspecified atom stereocenters. The zero-order valence-electron chi connectivity index (χ0n) is 11.4. The molecular formula is C17H20O. The molecule has 0 aliphatic heterocycles. The lowest BCUT2D eigenvalue weighted by Crippen LogP contribution is -2.01. The SMILES string of the molecule is CCCC#Cc1cccc(/C=C/C(=O)C(C)C)c1. The van der Waals surface area contributed by atoms with Gasteiger partial charge in [0.15, 0.2) is 5.78 Å². The van der Waals surface area contributed by atoms with Crippen LogP contribution in [0.2, 0.25) is 0 Å². The number of hydrogen-bond donors (Lipinski definition) is 0. The lowest BCUT2D eigenvalue weighted by atomic mass is 10.1. The maximum absolute atomic E-state index is 11.5. The maximum Gasteiger partial charge on any atom is 0.158 e. The van der Waals surface area contributed by atoms with Crippen molar-refractivity contribution < 1.29 is 4.79 Å². The van der Waals surface area contributed by atoms with E-state index in [2.05, 4.69) is 18.8 Å². The molecule has 0 amide bonds. The molecule has 0 fully saturated rings. The van der Waals surface area contributed by atoms with Gasteiger partial charge in [-0.1, -0.05) is 50.8 Å². The van der Waals surface area contributed by atoms with E-state index >= 15 is 0 Å². The van der Waals surface area contributed by atoms with E-state index in [0.717, 1.165) is 24.0 Å². The first-order chi connectivity index (χ1) is 8.63. The second-order valence-electron chi connectivity index (χ2n) is 4.57. The van der Waals surface area contributed by atoms with Gasteiger partial charge in [0.2, 0.25) is 0 Å². The monoisotopic (exact) mass is 240 g/mol. The van der Waals surface area contributed by atoms with Crippen molar-refractivity contribution >= 4 is 11.9 Å². The van der Waals surface area contributed by atoms with E-state index < -0.39 is 0 Å². The van der Waals surface area contributed by atoms with Crippen LogP contribution in [0.5, 0.6) is 0 Å². The lowest BCUT2D eigenvalue weighted by molar-refractivity contribution is -0.117. The van der Waals surface area contributed by atoms with Gasteiger partial charge in [0.05, 0.1) is 0 Å². The fourth-order valence-electron chi connectivity index (χ4n) is 1.38. The molecule has 1 aromatic carbocycles. The van der Waals surface area contributed by atoms with Gasteiger partial charge in [-0.15, -0.1) is 0 Å². The summed E-state index contributed by atoms with van der Waals surface area (Å²) in [5.41, 5.74) is 2.02. The minimum Gasteiger partial charge on any atom is -0.295 e. The largest absolute Gasteiger partial charge is 0.295 e. The first kappa shape index (κ1) is 14.3. The molecule has 1 heteroatoms. The van der Waals surface area contributed by atoms with Crippen LogP contribution in [-0.4, -0.2) is 5.78 Å². The van der Waals surface area contributed by atoms with Gasteiger partial charge in [-0.2, -0.15) is 0 Å². The molecule has 18 heavy (non-hydrogen) atoms. The summed E-state index contributed by atoms with van der Waals surface area (Å²) in [4.78, 5) is 11.5. The van der Waals surface area contributed by atoms with E-state index in [4.69, 9.17) is 0 Å². The zero-order valence-corrected chi connectivity index (χ0v) is 11.4. The number of unbranched alkanes of at least 4 members (excludes halogenated alkanes) is 1. The van der Waals surface area contributed by atoms with Crippen molar-refractivity contribution in [2.24, 2.45) is 5.92 Å². The van der Waals surface area contributed by atoms with Crippen LogP contribution in [0.1, 0.15) is 44.7 Å². The summed E-state index contributed by atoms with van der Waals surface area (Å²) in [6.07, 6.45) is 5.50. The van der Waals surface area contributed by atoms with Crippen LogP contribution in [0, 0.1) is 17.8 Å². The van der Waals surface area contributed by atoms with Crippen molar-refractivity contribution in [3.63, 3.8) is 0 Å². The van der Waals surface area contributed by atoms with E-state index in [9.17, 15) is 4.79 Å². The van der Waals surface area contributed by atoms with Crippen LogP contribution in [-0.2, 0) is 4.79 Å². The summed E-state index contributed by atoms with van der Waals surface area (Å²) in [5.74, 6) is 6.45. The summed E-state index contributed by atoms with van der Waals surface area (Å²) >= 11 is 0. The van der Waals surface area contributed by atoms with Gasteiger partial charge in [-0.25, -0.2) is 0 Å². The molecule has 1 nitrogen and oxygen atoms in total. The Morgan fingerprint density at radius 1 is 1.39 bits per heavy atom. The van der Waals surface area contributed by atoms with Crippen molar-refractivity contribution in [1.82, 2.24) is 0 Å². The highest BCUT2D eigenvalue weighted by Gasteiger charge is 2.01. The molecule has 1 rings (SSSR count). The minimum absolute atomic E-state index is 0.0498. The van der Waals surface area contributed by atoms with Gasteiger partial charge in [0.25, 0.3) is 0 Å². The second-order valence-corrected chi connectivity index (χ2v) is 4.57. The van der Waals surface area contributed by atoms with Crippen molar-refractivity contribution in [2.45, 2.75) is 33.6 Å². The highest BCUT2D eigenvalue weighted by atomic mass is 16.1. The quantitative estimate of drug-likeness (QED) is 0.572. The van der Waals surface area contributed by atoms with Crippen molar-refractivity contribution in [1.29, 1.82) is 0 Å². The molecule has 94 valence electrons. The molecule has 0 aliphatic carbocycles. The number of hydrogen-bond acceptors (Lipinski definition) is 1. The Hall–Kier alpha value is -1.81. The number of rotatable bonds is 4. The first-order valence-electron chi connectivity index (χ1n) is 6.44. The molecule has 0 radical (unpaired) electrons. The third kappa shape index (κ3) is 5.01. The Balaban J connectivity index is 2.77. The Morgan fingerprint density at radius 3 is 2.83 bits per heavy atom. The fraction of sp³-hybridized carbons (Fsp3) is 0.353. The Morgan fingerprint density at radius 2 is 2.17 bits per heavy atom. The number of ketones is 1. The Bertz CT molecular complexity index is 484. The Kier molecular flexibility index (Phi) is 5.94. The van der Waals surface area contributed by atoms with Gasteiger partial charge in [-0.05, 0) is 30.2 Å². The summed E-state index contributed by atoms with van der Waals surface area (Å²) < 4.78 is 0. The Labute approximate surface area is 110 Å². The zero-order chi connectivity index (χ0) is 13.4. The van der Waals surface area contributed by atoms with E-state index in [-0.39, 0.29) is 11.7 Å². The molecule has 0 spiro atoms. The number of carbonyl (C=O) groups excluding carboxylic acids is 1. The smallest absolute Gasteiger partial charge is 0.158 e. The average Bonchev–Trinajstić information content (AvgIpc) is 2.36. The van der Waals surface area contributed by atoms with E-state index in [1.165, 1.54) is 0 Å². The molecule has 0 N–H and O–H groups in total. The van der Waals surface area contributed by atoms with Crippen LogP contribution >= 0.6 is 0 Å². The van der Waals surface area contributed by atoms with Gasteiger partial charge >= 0.3 is 0 Å². The predicted molar refractivity (Wildman–Crippen MR) is 77.1 cm³/mol. The second kappa shape index (κ2) is 7.50. The van der Waals surface area contributed by atoms with E-state index in [1.54, 1.807) is 6.08 Å². The molecule has 0 saturated carbocycles. The molecule has 0 saturated heterocycles. The number of benzene rings is 1. The normalized spacial score (nSPS) is 10.4. The standard InChI is InChI=1S/C17H20O/c1-4-5-6-8-15-9-7-10-16(13-15)11-12-17(18)14(2)3/h7,9-14H,4-5H2,1-3H3/b12-11+. The van der Waals surface area contributed by atoms with Crippen LogP contribution < -0.4 is 0 Å². The summed E-state index contributed by atoms with van der Waals surface area (Å²) in [7, 11) is 0. The van der Waals surface area contributed by atoms with Gasteiger partial charge < -0.3 is 0 Å². The molecule has 0 bridgehead atoms. The van der Waals surface area contributed by atoms with Crippen LogP contribution in [0.25, 0.3) is 6.08 Å². The van der Waals surface area contributed by atoms with Crippen LogP contribution in [0.15, 0.2) is 30.3 Å².